The van der Waals surface area contributed by atoms with Gasteiger partial charge in [-0.05, 0) is 22.4 Å². The van der Waals surface area contributed by atoms with Crippen LogP contribution in [0.25, 0.3) is 0 Å². The Balaban J connectivity index is 2.10. The Labute approximate surface area is 93.0 Å². The molecule has 0 amide bonds. The van der Waals surface area contributed by atoms with Crippen molar-refractivity contribution in [1.82, 2.24) is 4.98 Å². The van der Waals surface area contributed by atoms with Crippen molar-refractivity contribution in [3.05, 3.63) is 28.4 Å². The number of aromatic nitrogens is 1. The van der Waals surface area contributed by atoms with E-state index in [1.807, 2.05) is 0 Å². The first-order valence-corrected chi connectivity index (χ1v) is 5.20. The van der Waals surface area contributed by atoms with E-state index in [1.165, 1.54) is 6.07 Å². The second-order valence-electron chi connectivity index (χ2n) is 3.58. The van der Waals surface area contributed by atoms with Gasteiger partial charge in [-0.3, -0.25) is 0 Å². The molecule has 0 radical (unpaired) electrons. The van der Waals surface area contributed by atoms with E-state index in [0.717, 1.165) is 31.8 Å². The number of pyridine rings is 1. The van der Waals surface area contributed by atoms with Crippen LogP contribution in [-0.2, 0) is 4.74 Å². The van der Waals surface area contributed by atoms with Crippen molar-refractivity contribution in [2.45, 2.75) is 6.42 Å². The molecule has 0 unspecified atom stereocenters. The third-order valence-electron chi connectivity index (χ3n) is 2.51. The van der Waals surface area contributed by atoms with Gasteiger partial charge in [0.05, 0.1) is 12.3 Å². The molecule has 1 aromatic rings. The van der Waals surface area contributed by atoms with Crippen molar-refractivity contribution in [2.75, 3.05) is 31.2 Å². The van der Waals surface area contributed by atoms with Gasteiger partial charge < -0.3 is 19.8 Å². The molecule has 1 fully saturated rings. The molecule has 2 rings (SSSR count). The number of ether oxygens (including phenoxy) is 1. The van der Waals surface area contributed by atoms with Gasteiger partial charge in [0.15, 0.2) is 6.20 Å². The fraction of sp³-hybridized carbons (Fsp3) is 0.500. The van der Waals surface area contributed by atoms with Crippen LogP contribution in [0.3, 0.4) is 0 Å². The lowest BCUT2D eigenvalue weighted by Gasteiger charge is -2.19. The molecular weight excluding hydrogens is 210 g/mol. The van der Waals surface area contributed by atoms with Gasteiger partial charge >= 0.3 is 5.82 Å². The van der Waals surface area contributed by atoms with Crippen molar-refractivity contribution in [1.29, 1.82) is 0 Å². The first kappa shape index (κ1) is 10.8. The van der Waals surface area contributed by atoms with Crippen LogP contribution in [0.2, 0.25) is 0 Å². The molecule has 6 heteroatoms. The zero-order valence-electron chi connectivity index (χ0n) is 8.83. The Kier molecular flexibility index (Phi) is 3.31. The molecule has 1 aromatic heterocycles. The zero-order valence-corrected chi connectivity index (χ0v) is 8.83. The third kappa shape index (κ3) is 2.46. The molecule has 0 bridgehead atoms. The second kappa shape index (κ2) is 4.89. The average molecular weight is 223 g/mol. The zero-order chi connectivity index (χ0) is 11.4. The van der Waals surface area contributed by atoms with E-state index >= 15 is 0 Å². The smallest absolute Gasteiger partial charge is 0.363 e. The molecule has 0 atom stereocenters. The van der Waals surface area contributed by atoms with Crippen molar-refractivity contribution in [2.24, 2.45) is 0 Å². The maximum absolute atomic E-state index is 10.5. The van der Waals surface area contributed by atoms with Gasteiger partial charge in [-0.25, -0.2) is 0 Å². The van der Waals surface area contributed by atoms with E-state index < -0.39 is 4.92 Å². The molecule has 2 heterocycles. The lowest BCUT2D eigenvalue weighted by Crippen LogP contribution is -2.25. The maximum atomic E-state index is 10.5. The van der Waals surface area contributed by atoms with Crippen LogP contribution in [0, 0.1) is 10.1 Å². The van der Waals surface area contributed by atoms with E-state index in [2.05, 4.69) is 9.88 Å². The van der Waals surface area contributed by atoms with Gasteiger partial charge in [0.25, 0.3) is 0 Å². The Hall–Kier alpha value is -1.69. The topological polar surface area (TPSA) is 68.5 Å². The van der Waals surface area contributed by atoms with Gasteiger partial charge in [-0.2, -0.15) is 0 Å². The summed E-state index contributed by atoms with van der Waals surface area (Å²) in [6.07, 6.45) is 2.51. The molecule has 1 aliphatic rings. The molecular formula is C10H13N3O3. The predicted octanol–water partition coefficient (Wildman–Crippen LogP) is 1.22. The lowest BCUT2D eigenvalue weighted by atomic mass is 10.3. The highest BCUT2D eigenvalue weighted by molar-refractivity contribution is 5.46. The largest absolute Gasteiger partial charge is 0.380 e. The summed E-state index contributed by atoms with van der Waals surface area (Å²) in [5.74, 6) is -0.116. The second-order valence-corrected chi connectivity index (χ2v) is 3.58. The maximum Gasteiger partial charge on any atom is 0.363 e. The summed E-state index contributed by atoms with van der Waals surface area (Å²) in [6, 6.07) is 3.16. The average Bonchev–Trinajstić information content (AvgIpc) is 2.57. The standard InChI is InChI=1S/C10H13N3O3/c14-13(15)10-3-2-9(8-11-10)12-4-1-6-16-7-5-12/h2-3,8H,1,4-7H2. The number of hydrogen-bond donors (Lipinski definition) is 0. The van der Waals surface area contributed by atoms with Crippen molar-refractivity contribution < 1.29 is 9.66 Å². The summed E-state index contributed by atoms with van der Waals surface area (Å²) in [5.41, 5.74) is 0.913. The van der Waals surface area contributed by atoms with Crippen LogP contribution >= 0.6 is 0 Å². The van der Waals surface area contributed by atoms with Gasteiger partial charge in [0.1, 0.15) is 0 Å². The van der Waals surface area contributed by atoms with E-state index in [0.29, 0.717) is 6.61 Å². The van der Waals surface area contributed by atoms with E-state index in [1.54, 1.807) is 12.3 Å². The molecule has 0 aliphatic carbocycles. The summed E-state index contributed by atoms with van der Waals surface area (Å²) < 4.78 is 5.34. The molecule has 0 spiro atoms. The summed E-state index contributed by atoms with van der Waals surface area (Å²) >= 11 is 0. The molecule has 0 aromatic carbocycles. The molecule has 1 aliphatic heterocycles. The highest BCUT2D eigenvalue weighted by Crippen LogP contribution is 2.17. The van der Waals surface area contributed by atoms with Gasteiger partial charge in [0, 0.05) is 25.8 Å². The monoisotopic (exact) mass is 223 g/mol. The first-order chi connectivity index (χ1) is 7.77. The van der Waals surface area contributed by atoms with Gasteiger partial charge in [-0.15, -0.1) is 0 Å². The van der Waals surface area contributed by atoms with Crippen molar-refractivity contribution in [3.8, 4) is 0 Å². The van der Waals surface area contributed by atoms with Crippen LogP contribution in [0.4, 0.5) is 11.5 Å². The number of rotatable bonds is 2. The summed E-state index contributed by atoms with van der Waals surface area (Å²) in [5, 5.41) is 10.5. The quantitative estimate of drug-likeness (QED) is 0.557. The normalized spacial score (nSPS) is 16.9. The molecule has 6 nitrogen and oxygen atoms in total. The number of anilines is 1. The molecule has 0 saturated carbocycles. The Bertz CT molecular complexity index is 358. The predicted molar refractivity (Wildman–Crippen MR) is 58.5 cm³/mol. The van der Waals surface area contributed by atoms with Gasteiger partial charge in [-0.1, -0.05) is 0 Å². The summed E-state index contributed by atoms with van der Waals surface area (Å²) in [4.78, 5) is 15.9. The number of nitro groups is 1. The van der Waals surface area contributed by atoms with Crippen molar-refractivity contribution >= 4 is 11.5 Å². The van der Waals surface area contributed by atoms with Crippen LogP contribution < -0.4 is 4.90 Å². The minimum atomic E-state index is -0.491. The molecule has 0 N–H and O–H groups in total. The van der Waals surface area contributed by atoms with Crippen molar-refractivity contribution in [3.63, 3.8) is 0 Å². The van der Waals surface area contributed by atoms with Crippen LogP contribution in [0.5, 0.6) is 0 Å². The fourth-order valence-corrected chi connectivity index (χ4v) is 1.68. The highest BCUT2D eigenvalue weighted by atomic mass is 16.6. The lowest BCUT2D eigenvalue weighted by molar-refractivity contribution is -0.389. The van der Waals surface area contributed by atoms with Crippen LogP contribution in [0.1, 0.15) is 6.42 Å². The molecule has 1 saturated heterocycles. The summed E-state index contributed by atoms with van der Waals surface area (Å²) in [7, 11) is 0. The highest BCUT2D eigenvalue weighted by Gasteiger charge is 2.13. The van der Waals surface area contributed by atoms with Crippen LogP contribution in [0.15, 0.2) is 18.3 Å². The Morgan fingerprint density at radius 2 is 2.25 bits per heavy atom. The van der Waals surface area contributed by atoms with E-state index in [9.17, 15) is 10.1 Å². The van der Waals surface area contributed by atoms with Crippen LogP contribution in [-0.4, -0.2) is 36.2 Å². The number of nitrogens with zero attached hydrogens (tertiary/aromatic N) is 3. The Morgan fingerprint density at radius 3 is 2.94 bits per heavy atom. The van der Waals surface area contributed by atoms with Gasteiger partial charge in [0.2, 0.25) is 0 Å². The van der Waals surface area contributed by atoms with E-state index in [-0.39, 0.29) is 5.82 Å². The molecule has 86 valence electrons. The summed E-state index contributed by atoms with van der Waals surface area (Å²) in [6.45, 7) is 3.17. The molecule has 16 heavy (non-hydrogen) atoms. The Morgan fingerprint density at radius 1 is 1.38 bits per heavy atom. The fourth-order valence-electron chi connectivity index (χ4n) is 1.68. The first-order valence-electron chi connectivity index (χ1n) is 5.20. The number of hydrogen-bond acceptors (Lipinski definition) is 5. The minimum Gasteiger partial charge on any atom is -0.380 e. The van der Waals surface area contributed by atoms with E-state index in [4.69, 9.17) is 4.74 Å². The SMILES string of the molecule is O=[N+]([O-])c1ccc(N2CCCOCC2)cn1. The minimum absolute atomic E-state index is 0.116. The third-order valence-corrected chi connectivity index (χ3v) is 2.51.